The van der Waals surface area contributed by atoms with Gasteiger partial charge in [0.15, 0.2) is 0 Å². The Morgan fingerprint density at radius 3 is 2.79 bits per heavy atom. The molecule has 0 aliphatic heterocycles. The van der Waals surface area contributed by atoms with Crippen LogP contribution in [-0.2, 0) is 12.8 Å². The average molecular weight is 258 g/mol. The summed E-state index contributed by atoms with van der Waals surface area (Å²) in [5.74, 6) is 1.07. The number of aromatic amines is 1. The Labute approximate surface area is 112 Å². The molecule has 0 amide bonds. The Morgan fingerprint density at radius 2 is 2.05 bits per heavy atom. The zero-order chi connectivity index (χ0) is 13.5. The van der Waals surface area contributed by atoms with Crippen molar-refractivity contribution >= 4 is 0 Å². The lowest BCUT2D eigenvalue weighted by molar-refractivity contribution is 0.297. The molecule has 0 spiro atoms. The minimum atomic E-state index is -0.162. The van der Waals surface area contributed by atoms with Crippen molar-refractivity contribution in [2.75, 3.05) is 6.61 Å². The maximum atomic E-state index is 11.3. The second kappa shape index (κ2) is 6.73. The van der Waals surface area contributed by atoms with Crippen molar-refractivity contribution < 1.29 is 4.74 Å². The van der Waals surface area contributed by atoms with Gasteiger partial charge in [-0.3, -0.25) is 4.79 Å². The van der Waals surface area contributed by atoms with Crippen LogP contribution in [0.5, 0.6) is 5.88 Å². The number of ether oxygens (including phenoxy) is 1. The number of hydrogen-bond donors (Lipinski definition) is 1. The zero-order valence-corrected chi connectivity index (χ0v) is 11.1. The maximum Gasteiger partial charge on any atom is 0.254 e. The van der Waals surface area contributed by atoms with Crippen molar-refractivity contribution in [1.82, 2.24) is 9.97 Å². The quantitative estimate of drug-likeness (QED) is 0.809. The van der Waals surface area contributed by atoms with Crippen molar-refractivity contribution in [3.05, 3.63) is 58.1 Å². The molecule has 1 heterocycles. The second-order valence-corrected chi connectivity index (χ2v) is 4.32. The van der Waals surface area contributed by atoms with E-state index in [0.29, 0.717) is 24.7 Å². The highest BCUT2D eigenvalue weighted by Crippen LogP contribution is 2.06. The molecule has 0 bridgehead atoms. The molecule has 4 heteroatoms. The van der Waals surface area contributed by atoms with Crippen LogP contribution in [0.1, 0.15) is 24.7 Å². The van der Waals surface area contributed by atoms with Crippen molar-refractivity contribution in [2.45, 2.75) is 26.2 Å². The molecule has 0 saturated carbocycles. The molecule has 2 rings (SSSR count). The molecule has 1 N–H and O–H groups in total. The van der Waals surface area contributed by atoms with Gasteiger partial charge in [0.25, 0.3) is 5.56 Å². The summed E-state index contributed by atoms with van der Waals surface area (Å²) < 4.78 is 5.52. The van der Waals surface area contributed by atoms with Crippen LogP contribution >= 0.6 is 0 Å². The van der Waals surface area contributed by atoms with E-state index in [1.165, 1.54) is 11.6 Å². The van der Waals surface area contributed by atoms with E-state index < -0.39 is 0 Å². The highest BCUT2D eigenvalue weighted by Gasteiger charge is 2.01. The third-order valence-corrected chi connectivity index (χ3v) is 2.80. The summed E-state index contributed by atoms with van der Waals surface area (Å²) in [5, 5.41) is 0. The first kappa shape index (κ1) is 13.3. The second-order valence-electron chi connectivity index (χ2n) is 4.32. The normalized spacial score (nSPS) is 10.4. The van der Waals surface area contributed by atoms with Crippen LogP contribution in [-0.4, -0.2) is 16.6 Å². The Bertz CT molecular complexity index is 564. The van der Waals surface area contributed by atoms with E-state index in [1.807, 2.05) is 25.1 Å². The van der Waals surface area contributed by atoms with Crippen molar-refractivity contribution in [2.24, 2.45) is 0 Å². The molecule has 0 aliphatic rings. The van der Waals surface area contributed by atoms with Crippen LogP contribution < -0.4 is 10.3 Å². The number of aryl methyl sites for hydroxylation is 2. The summed E-state index contributed by atoms with van der Waals surface area (Å²) in [6.45, 7) is 2.51. The minimum absolute atomic E-state index is 0.162. The predicted octanol–water partition coefficient (Wildman–Crippen LogP) is 2.34. The number of nitrogens with zero attached hydrogens (tertiary/aromatic N) is 1. The highest BCUT2D eigenvalue weighted by atomic mass is 16.5. The smallest absolute Gasteiger partial charge is 0.254 e. The van der Waals surface area contributed by atoms with E-state index in [2.05, 4.69) is 22.1 Å². The SMILES string of the molecule is CCc1nc(OCCCc2ccccc2)cc(=O)[nH]1. The lowest BCUT2D eigenvalue weighted by Gasteiger charge is -2.06. The fourth-order valence-electron chi connectivity index (χ4n) is 1.82. The summed E-state index contributed by atoms with van der Waals surface area (Å²) in [6.07, 6.45) is 2.56. The molecule has 0 saturated heterocycles. The zero-order valence-electron chi connectivity index (χ0n) is 11.1. The summed E-state index contributed by atoms with van der Waals surface area (Å²) >= 11 is 0. The third kappa shape index (κ3) is 4.25. The molecule has 0 radical (unpaired) electrons. The fraction of sp³-hybridized carbons (Fsp3) is 0.333. The molecular weight excluding hydrogens is 240 g/mol. The van der Waals surface area contributed by atoms with Gasteiger partial charge in [-0.2, -0.15) is 0 Å². The van der Waals surface area contributed by atoms with Crippen molar-refractivity contribution in [3.8, 4) is 5.88 Å². The topological polar surface area (TPSA) is 55.0 Å². The van der Waals surface area contributed by atoms with Crippen molar-refractivity contribution in [1.29, 1.82) is 0 Å². The van der Waals surface area contributed by atoms with Crippen LogP contribution in [0.4, 0.5) is 0 Å². The molecular formula is C15H18N2O2. The Balaban J connectivity index is 1.83. The molecule has 0 fully saturated rings. The molecule has 1 aromatic carbocycles. The first-order valence-electron chi connectivity index (χ1n) is 6.55. The molecule has 4 nitrogen and oxygen atoms in total. The van der Waals surface area contributed by atoms with Gasteiger partial charge in [0.05, 0.1) is 12.7 Å². The van der Waals surface area contributed by atoms with Crippen LogP contribution in [0.2, 0.25) is 0 Å². The van der Waals surface area contributed by atoms with Crippen LogP contribution in [0, 0.1) is 0 Å². The van der Waals surface area contributed by atoms with Gasteiger partial charge in [-0.05, 0) is 18.4 Å². The Morgan fingerprint density at radius 1 is 1.26 bits per heavy atom. The van der Waals surface area contributed by atoms with Gasteiger partial charge in [-0.25, -0.2) is 4.98 Å². The van der Waals surface area contributed by atoms with E-state index in [4.69, 9.17) is 4.74 Å². The number of nitrogens with one attached hydrogen (secondary N) is 1. The van der Waals surface area contributed by atoms with Crippen LogP contribution in [0.3, 0.4) is 0 Å². The summed E-state index contributed by atoms with van der Waals surface area (Å²) in [5.41, 5.74) is 1.13. The number of hydrogen-bond acceptors (Lipinski definition) is 3. The molecule has 19 heavy (non-hydrogen) atoms. The van der Waals surface area contributed by atoms with Crippen LogP contribution in [0.25, 0.3) is 0 Å². The molecule has 100 valence electrons. The maximum absolute atomic E-state index is 11.3. The van der Waals surface area contributed by atoms with E-state index >= 15 is 0 Å². The number of rotatable bonds is 6. The molecule has 0 aliphatic carbocycles. The summed E-state index contributed by atoms with van der Waals surface area (Å²) in [7, 11) is 0. The van der Waals surface area contributed by atoms with Gasteiger partial charge >= 0.3 is 0 Å². The van der Waals surface area contributed by atoms with Crippen LogP contribution in [0.15, 0.2) is 41.2 Å². The highest BCUT2D eigenvalue weighted by molar-refractivity contribution is 5.14. The molecule has 0 atom stereocenters. The summed E-state index contributed by atoms with van der Waals surface area (Å²) in [6, 6.07) is 11.7. The first-order chi connectivity index (χ1) is 9.28. The number of benzene rings is 1. The average Bonchev–Trinajstić information content (AvgIpc) is 2.44. The number of aromatic nitrogens is 2. The lowest BCUT2D eigenvalue weighted by Crippen LogP contribution is -2.12. The van der Waals surface area contributed by atoms with Gasteiger partial charge in [-0.15, -0.1) is 0 Å². The standard InChI is InChI=1S/C15H18N2O2/c1-2-13-16-14(18)11-15(17-13)19-10-6-9-12-7-4-3-5-8-12/h3-5,7-8,11H,2,6,9-10H2,1H3,(H,16,17,18). The molecule has 2 aromatic rings. The Hall–Kier alpha value is -2.10. The largest absolute Gasteiger partial charge is 0.477 e. The van der Waals surface area contributed by atoms with E-state index in [0.717, 1.165) is 12.8 Å². The minimum Gasteiger partial charge on any atom is -0.477 e. The van der Waals surface area contributed by atoms with Crippen molar-refractivity contribution in [3.63, 3.8) is 0 Å². The third-order valence-electron chi connectivity index (χ3n) is 2.80. The van der Waals surface area contributed by atoms with Gasteiger partial charge in [0.1, 0.15) is 5.82 Å². The fourth-order valence-corrected chi connectivity index (χ4v) is 1.82. The monoisotopic (exact) mass is 258 g/mol. The first-order valence-corrected chi connectivity index (χ1v) is 6.55. The van der Waals surface area contributed by atoms with E-state index in [1.54, 1.807) is 0 Å². The lowest BCUT2D eigenvalue weighted by atomic mass is 10.1. The molecule has 1 aromatic heterocycles. The summed E-state index contributed by atoms with van der Waals surface area (Å²) in [4.78, 5) is 18.2. The van der Waals surface area contributed by atoms with Gasteiger partial charge < -0.3 is 9.72 Å². The Kier molecular flexibility index (Phi) is 4.72. The van der Waals surface area contributed by atoms with Gasteiger partial charge in [0.2, 0.25) is 5.88 Å². The predicted molar refractivity (Wildman–Crippen MR) is 74.5 cm³/mol. The van der Waals surface area contributed by atoms with Gasteiger partial charge in [0, 0.05) is 6.42 Å². The molecule has 0 unspecified atom stereocenters. The van der Waals surface area contributed by atoms with Gasteiger partial charge in [-0.1, -0.05) is 37.3 Å². The van der Waals surface area contributed by atoms with E-state index in [-0.39, 0.29) is 5.56 Å². The van der Waals surface area contributed by atoms with E-state index in [9.17, 15) is 4.79 Å². The number of H-pyrrole nitrogens is 1.